The molecule has 0 atom stereocenters. The molecule has 0 aliphatic heterocycles. The first-order valence-corrected chi connectivity index (χ1v) is 5.33. The second-order valence-corrected chi connectivity index (χ2v) is 3.67. The summed E-state index contributed by atoms with van der Waals surface area (Å²) >= 11 is 9.69. The largest absolute Gasteiger partial charge is 0.160 e. The van der Waals surface area contributed by atoms with Crippen LogP contribution in [0, 0.1) is 0 Å². The number of rotatable bonds is 4. The first-order chi connectivity index (χ1) is 3.41. The Morgan fingerprint density at radius 1 is 1.43 bits per heavy atom. The molecule has 0 nitrogen and oxygen atoms in total. The standard InChI is InChI=1S/C4H8ClIS/c5-1-3-7-4-2-6/h1-4H2. The van der Waals surface area contributed by atoms with Crippen molar-refractivity contribution in [1.29, 1.82) is 0 Å². The Labute approximate surface area is 67.5 Å². The molecule has 0 aromatic rings. The van der Waals surface area contributed by atoms with Gasteiger partial charge in [-0.25, -0.2) is 0 Å². The molecule has 0 unspecified atom stereocenters. The molecule has 0 rings (SSSR count). The molecule has 0 aliphatic rings. The third-order valence-electron chi connectivity index (χ3n) is 0.443. The SMILES string of the molecule is ClCCSCCI. The molecular weight excluding hydrogens is 242 g/mol. The van der Waals surface area contributed by atoms with Crippen LogP contribution in [-0.4, -0.2) is 21.8 Å². The highest BCUT2D eigenvalue weighted by atomic mass is 127. The molecule has 0 N–H and O–H groups in total. The van der Waals surface area contributed by atoms with Gasteiger partial charge in [0.2, 0.25) is 0 Å². The van der Waals surface area contributed by atoms with Crippen molar-refractivity contribution in [2.24, 2.45) is 0 Å². The van der Waals surface area contributed by atoms with Crippen LogP contribution in [0.25, 0.3) is 0 Å². The molecule has 0 spiro atoms. The Balaban J connectivity index is 2.45. The predicted molar refractivity (Wildman–Crippen MR) is 46.9 cm³/mol. The zero-order chi connectivity index (χ0) is 5.54. The van der Waals surface area contributed by atoms with Crippen LogP contribution in [0.1, 0.15) is 0 Å². The van der Waals surface area contributed by atoms with E-state index < -0.39 is 0 Å². The van der Waals surface area contributed by atoms with E-state index >= 15 is 0 Å². The minimum absolute atomic E-state index is 0.793. The highest BCUT2D eigenvalue weighted by Crippen LogP contribution is 2.01. The van der Waals surface area contributed by atoms with Crippen LogP contribution in [0.5, 0.6) is 0 Å². The van der Waals surface area contributed by atoms with Crippen molar-refractivity contribution in [2.75, 3.05) is 21.8 Å². The summed E-state index contributed by atoms with van der Waals surface area (Å²) < 4.78 is 1.24. The molecule has 0 aliphatic carbocycles. The number of alkyl halides is 2. The highest BCUT2D eigenvalue weighted by Gasteiger charge is 1.81. The van der Waals surface area contributed by atoms with Gasteiger partial charge in [-0.15, -0.1) is 11.6 Å². The summed E-state index contributed by atoms with van der Waals surface area (Å²) in [4.78, 5) is 0. The summed E-state index contributed by atoms with van der Waals surface area (Å²) in [5, 5.41) is 0. The Bertz CT molecular complexity index is 30.9. The number of hydrogen-bond donors (Lipinski definition) is 0. The minimum Gasteiger partial charge on any atom is -0.160 e. The van der Waals surface area contributed by atoms with Crippen LogP contribution in [-0.2, 0) is 0 Å². The van der Waals surface area contributed by atoms with E-state index in [9.17, 15) is 0 Å². The fraction of sp³-hybridized carbons (Fsp3) is 1.00. The maximum Gasteiger partial charge on any atom is 0.0314 e. The van der Waals surface area contributed by atoms with Gasteiger partial charge in [0.15, 0.2) is 0 Å². The van der Waals surface area contributed by atoms with E-state index in [-0.39, 0.29) is 0 Å². The van der Waals surface area contributed by atoms with E-state index in [0.717, 1.165) is 11.6 Å². The van der Waals surface area contributed by atoms with Crippen molar-refractivity contribution < 1.29 is 0 Å². The molecule has 44 valence electrons. The van der Waals surface area contributed by atoms with Crippen LogP contribution < -0.4 is 0 Å². The second-order valence-electron chi connectivity index (χ2n) is 0.990. The minimum atomic E-state index is 0.793. The average molecular weight is 251 g/mol. The summed E-state index contributed by atoms with van der Waals surface area (Å²) in [5.74, 6) is 3.14. The molecule has 0 aromatic carbocycles. The van der Waals surface area contributed by atoms with Crippen molar-refractivity contribution in [3.8, 4) is 0 Å². The van der Waals surface area contributed by atoms with Gasteiger partial charge in [-0.2, -0.15) is 11.8 Å². The first-order valence-electron chi connectivity index (χ1n) is 2.11. The Morgan fingerprint density at radius 2 is 2.14 bits per heavy atom. The monoisotopic (exact) mass is 250 g/mol. The van der Waals surface area contributed by atoms with Gasteiger partial charge in [0.25, 0.3) is 0 Å². The zero-order valence-corrected chi connectivity index (χ0v) is 7.72. The van der Waals surface area contributed by atoms with Gasteiger partial charge >= 0.3 is 0 Å². The molecule has 0 aromatic heterocycles. The van der Waals surface area contributed by atoms with E-state index in [1.54, 1.807) is 0 Å². The van der Waals surface area contributed by atoms with E-state index in [1.165, 1.54) is 10.2 Å². The van der Waals surface area contributed by atoms with E-state index in [1.807, 2.05) is 11.8 Å². The van der Waals surface area contributed by atoms with Gasteiger partial charge in [-0.1, -0.05) is 22.6 Å². The van der Waals surface area contributed by atoms with Crippen molar-refractivity contribution in [2.45, 2.75) is 0 Å². The van der Waals surface area contributed by atoms with Crippen LogP contribution >= 0.6 is 46.0 Å². The molecule has 3 heteroatoms. The molecule has 0 fully saturated rings. The summed E-state index contributed by atoms with van der Waals surface area (Å²) in [5.41, 5.74) is 0. The van der Waals surface area contributed by atoms with Gasteiger partial charge in [-0.3, -0.25) is 0 Å². The molecule has 7 heavy (non-hydrogen) atoms. The number of hydrogen-bond acceptors (Lipinski definition) is 1. The normalized spacial score (nSPS) is 9.43. The van der Waals surface area contributed by atoms with Crippen LogP contribution in [0.3, 0.4) is 0 Å². The summed E-state index contributed by atoms with van der Waals surface area (Å²) in [6.07, 6.45) is 0. The zero-order valence-electron chi connectivity index (χ0n) is 3.99. The van der Waals surface area contributed by atoms with Gasteiger partial charge in [0.05, 0.1) is 0 Å². The molecule has 0 heterocycles. The smallest absolute Gasteiger partial charge is 0.0314 e. The van der Waals surface area contributed by atoms with E-state index in [4.69, 9.17) is 11.6 Å². The van der Waals surface area contributed by atoms with E-state index in [0.29, 0.717) is 0 Å². The third-order valence-corrected chi connectivity index (χ3v) is 3.11. The van der Waals surface area contributed by atoms with Crippen LogP contribution in [0.4, 0.5) is 0 Å². The third kappa shape index (κ3) is 7.37. The lowest BCUT2D eigenvalue weighted by molar-refractivity contribution is 1.50. The fourth-order valence-electron chi connectivity index (χ4n) is 0.211. The predicted octanol–water partition coefficient (Wildman–Crippen LogP) is 2.39. The Hall–Kier alpha value is 1.37. The maximum atomic E-state index is 5.41. The van der Waals surface area contributed by atoms with Gasteiger partial charge < -0.3 is 0 Å². The maximum absolute atomic E-state index is 5.41. The van der Waals surface area contributed by atoms with Gasteiger partial charge in [0.1, 0.15) is 0 Å². The lowest BCUT2D eigenvalue weighted by Crippen LogP contribution is -1.82. The lowest BCUT2D eigenvalue weighted by Gasteiger charge is -1.89. The second kappa shape index (κ2) is 7.37. The topological polar surface area (TPSA) is 0 Å². The van der Waals surface area contributed by atoms with Crippen molar-refractivity contribution >= 4 is 46.0 Å². The molecular formula is C4H8ClIS. The quantitative estimate of drug-likeness (QED) is 0.419. The molecule has 0 saturated carbocycles. The Kier molecular flexibility index (Phi) is 8.81. The van der Waals surface area contributed by atoms with Crippen LogP contribution in [0.15, 0.2) is 0 Å². The summed E-state index contributed by atoms with van der Waals surface area (Å²) in [6.45, 7) is 0. The van der Waals surface area contributed by atoms with Crippen molar-refractivity contribution in [1.82, 2.24) is 0 Å². The van der Waals surface area contributed by atoms with Crippen molar-refractivity contribution in [3.05, 3.63) is 0 Å². The number of halogens is 2. The van der Waals surface area contributed by atoms with Crippen molar-refractivity contribution in [3.63, 3.8) is 0 Å². The fourth-order valence-corrected chi connectivity index (χ4v) is 1.90. The van der Waals surface area contributed by atoms with E-state index in [2.05, 4.69) is 22.6 Å². The molecule has 0 amide bonds. The number of thioether (sulfide) groups is 1. The highest BCUT2D eigenvalue weighted by molar-refractivity contribution is 14.1. The first kappa shape index (κ1) is 8.37. The van der Waals surface area contributed by atoms with Gasteiger partial charge in [-0.05, 0) is 0 Å². The van der Waals surface area contributed by atoms with Crippen LogP contribution in [0.2, 0.25) is 0 Å². The summed E-state index contributed by atoms with van der Waals surface area (Å²) in [6, 6.07) is 0. The molecule has 0 bridgehead atoms. The molecule has 0 saturated heterocycles. The average Bonchev–Trinajstić information content (AvgIpc) is 1.69. The summed E-state index contributed by atoms with van der Waals surface area (Å²) in [7, 11) is 0. The lowest BCUT2D eigenvalue weighted by atomic mass is 10.9. The molecule has 0 radical (unpaired) electrons. The Morgan fingerprint density at radius 3 is 2.57 bits per heavy atom. The van der Waals surface area contributed by atoms with Gasteiger partial charge in [0, 0.05) is 21.8 Å².